The lowest BCUT2D eigenvalue weighted by Crippen LogP contribution is -2.29. The van der Waals surface area contributed by atoms with Gasteiger partial charge in [-0.15, -0.1) is 11.3 Å². The molecule has 3 amide bonds. The number of hydrogen-bond acceptors (Lipinski definition) is 8. The number of amides is 3. The van der Waals surface area contributed by atoms with Crippen LogP contribution in [-0.2, 0) is 23.9 Å². The minimum Gasteiger partial charge on any atom is -0.462 e. The Morgan fingerprint density at radius 2 is 1.71 bits per heavy atom. The van der Waals surface area contributed by atoms with Gasteiger partial charge in [-0.1, -0.05) is 30.3 Å². The second kappa shape index (κ2) is 12.7. The van der Waals surface area contributed by atoms with Gasteiger partial charge >= 0.3 is 11.9 Å². The first-order valence-electron chi connectivity index (χ1n) is 10.8. The largest absolute Gasteiger partial charge is 0.462 e. The third kappa shape index (κ3) is 7.64. The molecule has 0 spiro atoms. The van der Waals surface area contributed by atoms with Crippen molar-refractivity contribution in [3.8, 4) is 0 Å². The molecule has 1 heterocycles. The molecule has 0 aliphatic carbocycles. The molecule has 0 bridgehead atoms. The van der Waals surface area contributed by atoms with Crippen molar-refractivity contribution in [2.45, 2.75) is 33.2 Å². The third-order valence-corrected chi connectivity index (χ3v) is 5.99. The van der Waals surface area contributed by atoms with Gasteiger partial charge in [0.15, 0.2) is 6.61 Å². The van der Waals surface area contributed by atoms with E-state index in [1.165, 1.54) is 11.8 Å². The Hall–Kier alpha value is -3.73. The number of nitrogens with zero attached hydrogens (tertiary/aromatic N) is 1. The summed E-state index contributed by atoms with van der Waals surface area (Å²) in [6, 6.07) is 8.29. The molecule has 0 saturated heterocycles. The molecule has 0 unspecified atom stereocenters. The fourth-order valence-electron chi connectivity index (χ4n) is 3.17. The SMILES string of the molecule is CCOC(=O)c1c(NC(=O)COC(=O)C[C@@H](NC(C)=O)c2ccccc2)sc(C(=O)N(C)C)c1C. The van der Waals surface area contributed by atoms with Gasteiger partial charge in [-0.2, -0.15) is 0 Å². The highest BCUT2D eigenvalue weighted by Gasteiger charge is 2.27. The highest BCUT2D eigenvalue weighted by atomic mass is 32.1. The minimum atomic E-state index is -0.695. The van der Waals surface area contributed by atoms with E-state index in [1.807, 2.05) is 6.07 Å². The maximum Gasteiger partial charge on any atom is 0.341 e. The van der Waals surface area contributed by atoms with Crippen LogP contribution >= 0.6 is 11.3 Å². The Morgan fingerprint density at radius 1 is 1.06 bits per heavy atom. The van der Waals surface area contributed by atoms with Crippen LogP contribution in [0.15, 0.2) is 30.3 Å². The topological polar surface area (TPSA) is 131 Å². The van der Waals surface area contributed by atoms with Crippen molar-refractivity contribution in [2.24, 2.45) is 0 Å². The van der Waals surface area contributed by atoms with Crippen LogP contribution in [0.1, 0.15) is 57.5 Å². The van der Waals surface area contributed by atoms with Gasteiger partial charge in [0.25, 0.3) is 11.8 Å². The van der Waals surface area contributed by atoms with Crippen molar-refractivity contribution in [3.05, 3.63) is 51.9 Å². The van der Waals surface area contributed by atoms with Crippen molar-refractivity contribution < 1.29 is 33.4 Å². The maximum absolute atomic E-state index is 12.5. The molecule has 1 aromatic carbocycles. The van der Waals surface area contributed by atoms with Gasteiger partial charge in [-0.3, -0.25) is 19.2 Å². The third-order valence-electron chi connectivity index (χ3n) is 4.79. The number of carbonyl (C=O) groups excluding carboxylic acids is 5. The number of nitrogens with one attached hydrogen (secondary N) is 2. The van der Waals surface area contributed by atoms with Gasteiger partial charge in [0.2, 0.25) is 5.91 Å². The highest BCUT2D eigenvalue weighted by molar-refractivity contribution is 7.18. The number of thiophene rings is 1. The molecule has 2 aromatic rings. The van der Waals surface area contributed by atoms with Gasteiger partial charge in [-0.25, -0.2) is 4.79 Å². The van der Waals surface area contributed by atoms with Crippen molar-refractivity contribution in [1.82, 2.24) is 10.2 Å². The number of esters is 2. The lowest BCUT2D eigenvalue weighted by atomic mass is 10.0. The standard InChI is InChI=1S/C24H29N3O7S/c1-6-33-24(32)20-14(2)21(23(31)27(4)5)35-22(20)26-18(29)13-34-19(30)12-17(25-15(3)28)16-10-8-7-9-11-16/h7-11,17H,6,12-13H2,1-5H3,(H,25,28)(H,26,29)/t17-/m1/s1. The smallest absolute Gasteiger partial charge is 0.341 e. The molecule has 0 aliphatic heterocycles. The van der Waals surface area contributed by atoms with Crippen LogP contribution in [0, 0.1) is 6.92 Å². The summed E-state index contributed by atoms with van der Waals surface area (Å²) in [4.78, 5) is 63.0. The van der Waals surface area contributed by atoms with Crippen molar-refractivity contribution in [1.29, 1.82) is 0 Å². The van der Waals surface area contributed by atoms with E-state index < -0.39 is 30.5 Å². The monoisotopic (exact) mass is 503 g/mol. The second-order valence-corrected chi connectivity index (χ2v) is 8.78. The fourth-order valence-corrected chi connectivity index (χ4v) is 4.41. The number of rotatable bonds is 10. The number of ether oxygens (including phenoxy) is 2. The Balaban J connectivity index is 2.10. The zero-order valence-electron chi connectivity index (χ0n) is 20.3. The zero-order chi connectivity index (χ0) is 26.1. The minimum absolute atomic E-state index is 0.0801. The first-order chi connectivity index (χ1) is 16.5. The van der Waals surface area contributed by atoms with E-state index in [2.05, 4.69) is 10.6 Å². The zero-order valence-corrected chi connectivity index (χ0v) is 21.1. The molecule has 11 heteroatoms. The molecule has 35 heavy (non-hydrogen) atoms. The Kier molecular flexibility index (Phi) is 9.95. The Bertz CT molecular complexity index is 1100. The van der Waals surface area contributed by atoms with Gasteiger partial charge in [-0.05, 0) is 25.0 Å². The van der Waals surface area contributed by atoms with Gasteiger partial charge in [0.1, 0.15) is 5.00 Å². The summed E-state index contributed by atoms with van der Waals surface area (Å²) in [5.41, 5.74) is 1.19. The summed E-state index contributed by atoms with van der Waals surface area (Å²) in [7, 11) is 3.15. The Morgan fingerprint density at radius 3 is 2.29 bits per heavy atom. The number of anilines is 1. The normalized spacial score (nSPS) is 11.2. The van der Waals surface area contributed by atoms with Gasteiger partial charge < -0.3 is 25.0 Å². The molecule has 2 N–H and O–H groups in total. The van der Waals surface area contributed by atoms with Crippen LogP contribution < -0.4 is 10.6 Å². The molecule has 1 aromatic heterocycles. The molecule has 0 radical (unpaired) electrons. The molecule has 2 rings (SSSR count). The molecular weight excluding hydrogens is 474 g/mol. The van der Waals surface area contributed by atoms with Crippen LogP contribution in [0.2, 0.25) is 0 Å². The Labute approximate surface area is 207 Å². The maximum atomic E-state index is 12.5. The average Bonchev–Trinajstić information content (AvgIpc) is 3.12. The number of hydrogen-bond donors (Lipinski definition) is 2. The summed E-state index contributed by atoms with van der Waals surface area (Å²) < 4.78 is 10.2. The van der Waals surface area contributed by atoms with Crippen LogP contribution in [0.3, 0.4) is 0 Å². The average molecular weight is 504 g/mol. The van der Waals surface area contributed by atoms with E-state index in [0.29, 0.717) is 5.56 Å². The van der Waals surface area contributed by atoms with Gasteiger partial charge in [0.05, 0.1) is 29.5 Å². The van der Waals surface area contributed by atoms with E-state index in [-0.39, 0.29) is 40.3 Å². The summed E-state index contributed by atoms with van der Waals surface area (Å²) >= 11 is 0.942. The van der Waals surface area contributed by atoms with Crippen molar-refractivity contribution in [3.63, 3.8) is 0 Å². The first kappa shape index (κ1) is 27.5. The lowest BCUT2D eigenvalue weighted by Gasteiger charge is -2.17. The number of carbonyl (C=O) groups is 5. The number of benzene rings is 1. The molecule has 0 saturated carbocycles. The first-order valence-corrected chi connectivity index (χ1v) is 11.7. The lowest BCUT2D eigenvalue weighted by molar-refractivity contribution is -0.148. The summed E-state index contributed by atoms with van der Waals surface area (Å²) in [6.45, 7) is 4.09. The van der Waals surface area contributed by atoms with Crippen LogP contribution in [-0.4, -0.2) is 61.9 Å². The van der Waals surface area contributed by atoms with Crippen LogP contribution in [0.5, 0.6) is 0 Å². The summed E-state index contributed by atoms with van der Waals surface area (Å²) in [6.07, 6.45) is -0.176. The molecular formula is C24H29N3O7S. The van der Waals surface area contributed by atoms with Crippen molar-refractivity contribution >= 4 is 46.0 Å². The van der Waals surface area contributed by atoms with E-state index >= 15 is 0 Å². The fraction of sp³-hybridized carbons (Fsp3) is 0.375. The molecule has 0 fully saturated rings. The second-order valence-electron chi connectivity index (χ2n) is 7.76. The quantitative estimate of drug-likeness (QED) is 0.477. The summed E-state index contributed by atoms with van der Waals surface area (Å²) in [5, 5.41) is 5.36. The predicted molar refractivity (Wildman–Crippen MR) is 130 cm³/mol. The summed E-state index contributed by atoms with van der Waals surface area (Å²) in [5.74, 6) is -2.70. The predicted octanol–water partition coefficient (Wildman–Crippen LogP) is 2.68. The van der Waals surface area contributed by atoms with E-state index in [4.69, 9.17) is 9.47 Å². The van der Waals surface area contributed by atoms with E-state index in [0.717, 1.165) is 16.9 Å². The van der Waals surface area contributed by atoms with Gasteiger partial charge in [0, 0.05) is 21.0 Å². The van der Waals surface area contributed by atoms with Crippen LogP contribution in [0.25, 0.3) is 0 Å². The van der Waals surface area contributed by atoms with Crippen molar-refractivity contribution in [2.75, 3.05) is 32.6 Å². The van der Waals surface area contributed by atoms with Crippen LogP contribution in [0.4, 0.5) is 5.00 Å². The highest BCUT2D eigenvalue weighted by Crippen LogP contribution is 2.34. The van der Waals surface area contributed by atoms with E-state index in [9.17, 15) is 24.0 Å². The molecule has 188 valence electrons. The molecule has 10 nitrogen and oxygen atoms in total. The molecule has 1 atom stereocenters. The van der Waals surface area contributed by atoms with E-state index in [1.54, 1.807) is 52.2 Å². The molecule has 0 aliphatic rings.